The van der Waals surface area contributed by atoms with Crippen molar-refractivity contribution in [2.45, 2.75) is 18.6 Å². The van der Waals surface area contributed by atoms with Gasteiger partial charge in [-0.15, -0.1) is 0 Å². The molecule has 0 bridgehead atoms. The molecule has 2 aromatic rings. The molecule has 0 radical (unpaired) electrons. The van der Waals surface area contributed by atoms with Gasteiger partial charge in [0.15, 0.2) is 0 Å². The number of ether oxygens (including phenoxy) is 1. The number of phenolic OH excluding ortho intramolecular Hbond substituents is 1. The first-order valence-corrected chi connectivity index (χ1v) is 6.49. The van der Waals surface area contributed by atoms with E-state index < -0.39 is 29.1 Å². The Balaban J connectivity index is 2.17. The minimum atomic E-state index is -4.65. The Kier molecular flexibility index (Phi) is 2.98. The predicted molar refractivity (Wildman–Crippen MR) is 72.5 cm³/mol. The van der Waals surface area contributed by atoms with E-state index in [1.54, 1.807) is 13.0 Å². The Morgan fingerprint density at radius 3 is 2.59 bits per heavy atom. The van der Waals surface area contributed by atoms with Crippen LogP contribution in [0.5, 0.6) is 5.75 Å². The zero-order chi connectivity index (χ0) is 16.1. The molecular weight excluding hydrogens is 299 g/mol. The molecule has 2 aromatic carbocycles. The highest BCUT2D eigenvalue weighted by Gasteiger charge is 2.38. The number of alkyl carbamates (subject to hydrolysis) is 1. The molecule has 1 amide bonds. The van der Waals surface area contributed by atoms with Gasteiger partial charge in [0, 0.05) is 0 Å². The van der Waals surface area contributed by atoms with Gasteiger partial charge in [0.05, 0.1) is 5.54 Å². The van der Waals surface area contributed by atoms with E-state index in [1.165, 1.54) is 18.2 Å². The van der Waals surface area contributed by atoms with E-state index in [4.69, 9.17) is 4.74 Å². The number of amides is 1. The molecule has 0 saturated carbocycles. The molecule has 7 heteroatoms. The first kappa shape index (κ1) is 14.5. The van der Waals surface area contributed by atoms with Gasteiger partial charge in [0.2, 0.25) is 0 Å². The van der Waals surface area contributed by atoms with Crippen molar-refractivity contribution in [3.05, 3.63) is 41.5 Å². The Bertz CT molecular complexity index is 772. The van der Waals surface area contributed by atoms with E-state index in [1.807, 2.05) is 0 Å². The van der Waals surface area contributed by atoms with E-state index in [0.717, 1.165) is 6.07 Å². The maximum Gasteiger partial charge on any atom is 0.420 e. The van der Waals surface area contributed by atoms with Crippen molar-refractivity contribution in [3.63, 3.8) is 0 Å². The van der Waals surface area contributed by atoms with Crippen molar-refractivity contribution in [3.8, 4) is 5.75 Å². The van der Waals surface area contributed by atoms with Crippen molar-refractivity contribution < 1.29 is 27.8 Å². The first-order chi connectivity index (χ1) is 10.2. The molecule has 22 heavy (non-hydrogen) atoms. The van der Waals surface area contributed by atoms with Crippen LogP contribution in [0.15, 0.2) is 30.3 Å². The predicted octanol–water partition coefficient (Wildman–Crippen LogP) is 3.52. The third kappa shape index (κ3) is 2.22. The number of carbonyl (C=O) groups excluding carboxylic acids is 1. The number of rotatable bonds is 1. The average Bonchev–Trinajstić information content (AvgIpc) is 2.77. The molecule has 1 heterocycles. The summed E-state index contributed by atoms with van der Waals surface area (Å²) >= 11 is 0. The average molecular weight is 311 g/mol. The van der Waals surface area contributed by atoms with Gasteiger partial charge < -0.3 is 15.2 Å². The van der Waals surface area contributed by atoms with E-state index in [9.17, 15) is 23.1 Å². The van der Waals surface area contributed by atoms with Gasteiger partial charge in [-0.3, -0.25) is 0 Å². The molecule has 0 unspecified atom stereocenters. The SMILES string of the molecule is C[C@@]1(c2ccc3c(C(F)(F)F)c(O)ccc3c2)COC(=O)N1. The van der Waals surface area contributed by atoms with Crippen LogP contribution in [-0.2, 0) is 16.5 Å². The van der Waals surface area contributed by atoms with Crippen molar-refractivity contribution in [2.24, 2.45) is 0 Å². The molecular formula is C15H12F3NO3. The second kappa shape index (κ2) is 4.53. The Morgan fingerprint density at radius 1 is 1.27 bits per heavy atom. The number of carbonyl (C=O) groups is 1. The Labute approximate surface area is 123 Å². The highest BCUT2D eigenvalue weighted by atomic mass is 19.4. The standard InChI is InChI=1S/C15H12F3NO3/c1-14(7-22-13(21)19-14)9-3-4-10-8(6-9)2-5-11(20)12(10)15(16,17)18/h2-6,20H,7H2,1H3,(H,19,21)/t14-/m0/s1. The highest BCUT2D eigenvalue weighted by Crippen LogP contribution is 2.41. The van der Waals surface area contributed by atoms with Crippen LogP contribution < -0.4 is 5.32 Å². The van der Waals surface area contributed by atoms with Gasteiger partial charge in [0.25, 0.3) is 0 Å². The normalized spacial score (nSPS) is 21.7. The lowest BCUT2D eigenvalue weighted by Gasteiger charge is -2.22. The third-order valence-corrected chi connectivity index (χ3v) is 3.79. The minimum absolute atomic E-state index is 0.0925. The molecule has 1 fully saturated rings. The number of alkyl halides is 3. The van der Waals surface area contributed by atoms with Gasteiger partial charge in [-0.05, 0) is 35.4 Å². The lowest BCUT2D eigenvalue weighted by atomic mass is 9.90. The fourth-order valence-corrected chi connectivity index (χ4v) is 2.62. The second-order valence-electron chi connectivity index (χ2n) is 5.43. The quantitative estimate of drug-likeness (QED) is 0.847. The number of benzene rings is 2. The highest BCUT2D eigenvalue weighted by molar-refractivity contribution is 5.89. The number of fused-ring (bicyclic) bond motifs is 1. The number of cyclic esters (lactones) is 1. The zero-order valence-corrected chi connectivity index (χ0v) is 11.5. The van der Waals surface area contributed by atoms with Crippen LogP contribution in [0.1, 0.15) is 18.1 Å². The van der Waals surface area contributed by atoms with Crippen LogP contribution in [0.4, 0.5) is 18.0 Å². The summed E-state index contributed by atoms with van der Waals surface area (Å²) in [6.07, 6.45) is -5.22. The molecule has 1 aliphatic heterocycles. The lowest BCUT2D eigenvalue weighted by Crippen LogP contribution is -2.37. The molecule has 2 N–H and O–H groups in total. The number of hydrogen-bond donors (Lipinski definition) is 2. The summed E-state index contributed by atoms with van der Waals surface area (Å²) in [5, 5.41) is 12.4. The molecule has 0 aromatic heterocycles. The topological polar surface area (TPSA) is 58.6 Å². The fraction of sp³-hybridized carbons (Fsp3) is 0.267. The van der Waals surface area contributed by atoms with Crippen LogP contribution in [0.3, 0.4) is 0 Å². The summed E-state index contributed by atoms with van der Waals surface area (Å²) in [4.78, 5) is 11.2. The summed E-state index contributed by atoms with van der Waals surface area (Å²) in [5.41, 5.74) is -1.22. The number of aromatic hydroxyl groups is 1. The Morgan fingerprint density at radius 2 is 2.00 bits per heavy atom. The number of hydrogen-bond acceptors (Lipinski definition) is 3. The van der Waals surface area contributed by atoms with Crippen molar-refractivity contribution >= 4 is 16.9 Å². The minimum Gasteiger partial charge on any atom is -0.507 e. The summed E-state index contributed by atoms with van der Waals surface area (Å²) in [5.74, 6) is -0.809. The molecule has 116 valence electrons. The van der Waals surface area contributed by atoms with Crippen molar-refractivity contribution in [2.75, 3.05) is 6.61 Å². The molecule has 1 atom stereocenters. The first-order valence-electron chi connectivity index (χ1n) is 6.49. The van der Waals surface area contributed by atoms with E-state index in [2.05, 4.69) is 5.32 Å². The number of phenols is 1. The van der Waals surface area contributed by atoms with Gasteiger partial charge in [0.1, 0.15) is 17.9 Å². The second-order valence-corrected chi connectivity index (χ2v) is 5.43. The molecule has 1 aliphatic rings. The van der Waals surface area contributed by atoms with Crippen LogP contribution in [-0.4, -0.2) is 17.8 Å². The van der Waals surface area contributed by atoms with E-state index >= 15 is 0 Å². The van der Waals surface area contributed by atoms with E-state index in [0.29, 0.717) is 10.9 Å². The van der Waals surface area contributed by atoms with Crippen molar-refractivity contribution in [1.29, 1.82) is 0 Å². The molecule has 1 saturated heterocycles. The largest absolute Gasteiger partial charge is 0.507 e. The number of nitrogens with one attached hydrogen (secondary N) is 1. The van der Waals surface area contributed by atoms with Gasteiger partial charge in [-0.2, -0.15) is 13.2 Å². The van der Waals surface area contributed by atoms with Gasteiger partial charge in [-0.25, -0.2) is 4.79 Å². The monoisotopic (exact) mass is 311 g/mol. The molecule has 0 aliphatic carbocycles. The fourth-order valence-electron chi connectivity index (χ4n) is 2.62. The van der Waals surface area contributed by atoms with Crippen LogP contribution in [0.25, 0.3) is 10.8 Å². The summed E-state index contributed by atoms with van der Waals surface area (Å²) < 4.78 is 44.1. The smallest absolute Gasteiger partial charge is 0.420 e. The molecule has 0 spiro atoms. The summed E-state index contributed by atoms with van der Waals surface area (Å²) in [6.45, 7) is 1.83. The van der Waals surface area contributed by atoms with Gasteiger partial charge >= 0.3 is 12.3 Å². The maximum absolute atomic E-state index is 13.1. The zero-order valence-electron chi connectivity index (χ0n) is 11.5. The van der Waals surface area contributed by atoms with Crippen molar-refractivity contribution in [1.82, 2.24) is 5.32 Å². The summed E-state index contributed by atoms with van der Waals surface area (Å²) in [6, 6.07) is 6.76. The third-order valence-electron chi connectivity index (χ3n) is 3.79. The maximum atomic E-state index is 13.1. The van der Waals surface area contributed by atoms with Gasteiger partial charge in [-0.1, -0.05) is 18.2 Å². The van der Waals surface area contributed by atoms with E-state index in [-0.39, 0.29) is 12.0 Å². The van der Waals surface area contributed by atoms with Crippen LogP contribution in [0, 0.1) is 0 Å². The summed E-state index contributed by atoms with van der Waals surface area (Å²) in [7, 11) is 0. The molecule has 3 rings (SSSR count). The van der Waals surface area contributed by atoms with Crippen LogP contribution >= 0.6 is 0 Å². The lowest BCUT2D eigenvalue weighted by molar-refractivity contribution is -0.137. The van der Waals surface area contributed by atoms with Crippen LogP contribution in [0.2, 0.25) is 0 Å². The molecule has 4 nitrogen and oxygen atoms in total. The number of halogens is 3. The Hall–Kier alpha value is -2.44.